The van der Waals surface area contributed by atoms with E-state index in [0.29, 0.717) is 17.2 Å². The maximum atomic E-state index is 12.6. The molecule has 0 aliphatic rings. The average Bonchev–Trinajstić information content (AvgIpc) is 2.34. The van der Waals surface area contributed by atoms with Crippen LogP contribution in [0.15, 0.2) is 18.2 Å². The maximum Gasteiger partial charge on any atom is 0.256 e. The van der Waals surface area contributed by atoms with Gasteiger partial charge in [0.15, 0.2) is 0 Å². The smallest absolute Gasteiger partial charge is 0.256 e. The molecule has 0 fully saturated rings. The summed E-state index contributed by atoms with van der Waals surface area (Å²) >= 11 is 0. The minimum absolute atomic E-state index is 0.0247. The van der Waals surface area contributed by atoms with Gasteiger partial charge in [-0.15, -0.1) is 0 Å². The average molecular weight is 263 g/mol. The number of nitrogens with two attached hydrogens (primary N) is 1. The summed E-state index contributed by atoms with van der Waals surface area (Å²) in [5, 5.41) is 0. The number of anilines is 1. The van der Waals surface area contributed by atoms with Crippen molar-refractivity contribution in [2.75, 3.05) is 12.0 Å². The van der Waals surface area contributed by atoms with E-state index in [-0.39, 0.29) is 11.9 Å². The highest BCUT2D eigenvalue weighted by atomic mass is 16.2. The Kier molecular flexibility index (Phi) is 5.36. The first-order valence-corrected chi connectivity index (χ1v) is 6.75. The topological polar surface area (TPSA) is 58.4 Å². The molecule has 0 aromatic heterocycles. The van der Waals surface area contributed by atoms with Crippen molar-refractivity contribution in [2.24, 2.45) is 11.8 Å². The van der Waals surface area contributed by atoms with E-state index in [1.165, 1.54) is 0 Å². The summed E-state index contributed by atoms with van der Waals surface area (Å²) in [6, 6.07) is 5.83. The van der Waals surface area contributed by atoms with Crippen LogP contribution >= 0.6 is 0 Å². The lowest BCUT2D eigenvalue weighted by Crippen LogP contribution is -2.40. The Bertz CT molecular complexity index is 441. The number of nitrogens with one attached hydrogen (secondary N) is 1. The first-order chi connectivity index (χ1) is 8.86. The van der Waals surface area contributed by atoms with E-state index in [1.54, 1.807) is 0 Å². The number of hydrogen-bond donors (Lipinski definition) is 2. The van der Waals surface area contributed by atoms with Crippen molar-refractivity contribution < 1.29 is 4.79 Å². The zero-order chi connectivity index (χ0) is 14.6. The molecule has 1 aromatic rings. The van der Waals surface area contributed by atoms with Gasteiger partial charge < -0.3 is 10.3 Å². The van der Waals surface area contributed by atoms with Gasteiger partial charge in [-0.3, -0.25) is 10.6 Å². The Morgan fingerprint density at radius 1 is 1.32 bits per heavy atom. The summed E-state index contributed by atoms with van der Waals surface area (Å²) in [5.41, 5.74) is 5.00. The molecule has 3 N–H and O–H groups in total. The molecule has 0 atom stereocenters. The van der Waals surface area contributed by atoms with Crippen LogP contribution in [-0.4, -0.2) is 23.4 Å². The predicted octanol–water partition coefficient (Wildman–Crippen LogP) is 2.79. The number of amides is 1. The van der Waals surface area contributed by atoms with Gasteiger partial charge in [0.25, 0.3) is 5.91 Å². The molecular weight excluding hydrogens is 238 g/mol. The summed E-state index contributed by atoms with van der Waals surface area (Å²) in [7, 11) is 0. The van der Waals surface area contributed by atoms with E-state index < -0.39 is 0 Å². The largest absolute Gasteiger partial charge is 0.336 e. The molecule has 0 saturated carbocycles. The standard InChI is InChI=1S/C15H25N3O/c1-10(2)9-18(11(3)4)15(19)13-7-6-12(5)8-14(13)17-16/h6-8,10-11,17H,9,16H2,1-5H3. The van der Waals surface area contributed by atoms with Gasteiger partial charge in [-0.1, -0.05) is 19.9 Å². The molecule has 1 amide bonds. The van der Waals surface area contributed by atoms with Crippen molar-refractivity contribution in [3.05, 3.63) is 29.3 Å². The number of rotatable bonds is 5. The highest BCUT2D eigenvalue weighted by Gasteiger charge is 2.21. The highest BCUT2D eigenvalue weighted by molar-refractivity contribution is 5.99. The van der Waals surface area contributed by atoms with E-state index in [1.807, 2.05) is 43.9 Å². The van der Waals surface area contributed by atoms with Crippen molar-refractivity contribution in [1.29, 1.82) is 0 Å². The SMILES string of the molecule is Cc1ccc(C(=O)N(CC(C)C)C(C)C)c(NN)c1. The van der Waals surface area contributed by atoms with E-state index in [9.17, 15) is 4.79 Å². The lowest BCUT2D eigenvalue weighted by Gasteiger charge is -2.29. The van der Waals surface area contributed by atoms with Crippen LogP contribution in [0.5, 0.6) is 0 Å². The van der Waals surface area contributed by atoms with Crippen molar-refractivity contribution in [2.45, 2.75) is 40.7 Å². The van der Waals surface area contributed by atoms with Gasteiger partial charge >= 0.3 is 0 Å². The molecule has 0 aliphatic heterocycles. The van der Waals surface area contributed by atoms with Crippen molar-refractivity contribution in [3.8, 4) is 0 Å². The van der Waals surface area contributed by atoms with Crippen molar-refractivity contribution in [1.82, 2.24) is 4.90 Å². The number of carbonyl (C=O) groups excluding carboxylic acids is 1. The van der Waals surface area contributed by atoms with Crippen LogP contribution in [0.1, 0.15) is 43.6 Å². The van der Waals surface area contributed by atoms with Crippen LogP contribution in [0.2, 0.25) is 0 Å². The lowest BCUT2D eigenvalue weighted by atomic mass is 10.1. The van der Waals surface area contributed by atoms with Gasteiger partial charge in [-0.2, -0.15) is 0 Å². The van der Waals surface area contributed by atoms with Crippen LogP contribution < -0.4 is 11.3 Å². The Morgan fingerprint density at radius 3 is 2.42 bits per heavy atom. The number of nitrogens with zero attached hydrogens (tertiary/aromatic N) is 1. The Morgan fingerprint density at radius 2 is 1.95 bits per heavy atom. The third-order valence-corrected chi connectivity index (χ3v) is 3.01. The Labute approximate surface area is 115 Å². The summed E-state index contributed by atoms with van der Waals surface area (Å²) in [5.74, 6) is 5.97. The van der Waals surface area contributed by atoms with Crippen molar-refractivity contribution in [3.63, 3.8) is 0 Å². The summed E-state index contributed by atoms with van der Waals surface area (Å²) in [6.07, 6.45) is 0. The number of nitrogen functional groups attached to an aromatic ring is 1. The van der Waals surface area contributed by atoms with E-state index in [4.69, 9.17) is 5.84 Å². The molecule has 106 valence electrons. The molecule has 0 spiro atoms. The number of hydrogen-bond acceptors (Lipinski definition) is 3. The van der Waals surface area contributed by atoms with E-state index >= 15 is 0 Å². The normalized spacial score (nSPS) is 10.9. The molecule has 1 aromatic carbocycles. The monoisotopic (exact) mass is 263 g/mol. The first kappa shape index (κ1) is 15.5. The van der Waals surface area contributed by atoms with Crippen LogP contribution in [0, 0.1) is 12.8 Å². The Balaban J connectivity index is 3.09. The van der Waals surface area contributed by atoms with Gasteiger partial charge in [0, 0.05) is 12.6 Å². The second-order valence-electron chi connectivity index (χ2n) is 5.64. The summed E-state index contributed by atoms with van der Waals surface area (Å²) < 4.78 is 0. The van der Waals surface area contributed by atoms with Crippen LogP contribution in [-0.2, 0) is 0 Å². The first-order valence-electron chi connectivity index (χ1n) is 6.75. The van der Waals surface area contributed by atoms with Gasteiger partial charge in [-0.05, 0) is 44.4 Å². The molecule has 4 heteroatoms. The van der Waals surface area contributed by atoms with Gasteiger partial charge in [-0.25, -0.2) is 0 Å². The fraction of sp³-hybridized carbons (Fsp3) is 0.533. The van der Waals surface area contributed by atoms with E-state index in [0.717, 1.165) is 12.1 Å². The van der Waals surface area contributed by atoms with Crippen LogP contribution in [0.4, 0.5) is 5.69 Å². The zero-order valence-electron chi connectivity index (χ0n) is 12.5. The second-order valence-corrected chi connectivity index (χ2v) is 5.64. The molecule has 4 nitrogen and oxygen atoms in total. The molecule has 0 radical (unpaired) electrons. The van der Waals surface area contributed by atoms with E-state index in [2.05, 4.69) is 19.3 Å². The molecule has 19 heavy (non-hydrogen) atoms. The van der Waals surface area contributed by atoms with Crippen molar-refractivity contribution >= 4 is 11.6 Å². The van der Waals surface area contributed by atoms with Gasteiger partial charge in [0.05, 0.1) is 11.3 Å². The number of carbonyl (C=O) groups is 1. The summed E-state index contributed by atoms with van der Waals surface area (Å²) in [6.45, 7) is 11.0. The fourth-order valence-corrected chi connectivity index (χ4v) is 2.04. The third kappa shape index (κ3) is 3.96. The molecular formula is C15H25N3O. The zero-order valence-corrected chi connectivity index (χ0v) is 12.5. The van der Waals surface area contributed by atoms with Gasteiger partial charge in [0.1, 0.15) is 0 Å². The minimum atomic E-state index is 0.0247. The van der Waals surface area contributed by atoms with Crippen LogP contribution in [0.3, 0.4) is 0 Å². The fourth-order valence-electron chi connectivity index (χ4n) is 2.04. The number of benzene rings is 1. The molecule has 0 aliphatic carbocycles. The summed E-state index contributed by atoms with van der Waals surface area (Å²) in [4.78, 5) is 14.5. The molecule has 0 unspecified atom stereocenters. The second kappa shape index (κ2) is 6.57. The predicted molar refractivity (Wildman–Crippen MR) is 80.0 cm³/mol. The highest BCUT2D eigenvalue weighted by Crippen LogP contribution is 2.20. The molecule has 0 bridgehead atoms. The lowest BCUT2D eigenvalue weighted by molar-refractivity contribution is 0.0683. The maximum absolute atomic E-state index is 12.6. The third-order valence-electron chi connectivity index (χ3n) is 3.01. The number of aryl methyl sites for hydroxylation is 1. The quantitative estimate of drug-likeness (QED) is 0.634. The van der Waals surface area contributed by atoms with Crippen LogP contribution in [0.25, 0.3) is 0 Å². The molecule has 1 rings (SSSR count). The minimum Gasteiger partial charge on any atom is -0.336 e. The Hall–Kier alpha value is -1.55. The number of hydrazine groups is 1. The van der Waals surface area contributed by atoms with Gasteiger partial charge in [0.2, 0.25) is 0 Å². The molecule has 0 saturated heterocycles. The molecule has 0 heterocycles.